The van der Waals surface area contributed by atoms with E-state index in [1.807, 2.05) is 6.08 Å². The van der Waals surface area contributed by atoms with Gasteiger partial charge in [0.1, 0.15) is 6.10 Å². The number of hydrogen-bond donors (Lipinski definition) is 3. The van der Waals surface area contributed by atoms with Gasteiger partial charge in [-0.25, -0.2) is 0 Å². The maximum Gasteiger partial charge on any atom is 0.306 e. The van der Waals surface area contributed by atoms with Crippen molar-refractivity contribution in [2.75, 3.05) is 6.61 Å². The number of allylic oxidation sites excluding steroid dienone is 12. The average Bonchev–Trinajstić information content (AvgIpc) is 3.19. The number of nitrogens with one attached hydrogen (secondary N) is 1. The zero-order chi connectivity index (χ0) is 41.0. The van der Waals surface area contributed by atoms with Gasteiger partial charge in [0.25, 0.3) is 0 Å². The largest absolute Gasteiger partial charge is 0.462 e. The van der Waals surface area contributed by atoms with Crippen LogP contribution in [-0.4, -0.2) is 46.9 Å². The number of carbonyl (C=O) groups is 2. The summed E-state index contributed by atoms with van der Waals surface area (Å²) in [5.74, 6) is -0.580. The first-order valence-electron chi connectivity index (χ1n) is 23.2. The Morgan fingerprint density at radius 2 is 0.929 bits per heavy atom. The molecule has 0 radical (unpaired) electrons. The van der Waals surface area contributed by atoms with Crippen molar-refractivity contribution in [3.05, 3.63) is 72.9 Å². The summed E-state index contributed by atoms with van der Waals surface area (Å²) in [6.45, 7) is 6.30. The van der Waals surface area contributed by atoms with Crippen LogP contribution in [0.5, 0.6) is 0 Å². The molecule has 0 bridgehead atoms. The van der Waals surface area contributed by atoms with Gasteiger partial charge in [-0.15, -0.1) is 0 Å². The van der Waals surface area contributed by atoms with Crippen LogP contribution in [0.25, 0.3) is 0 Å². The first-order valence-corrected chi connectivity index (χ1v) is 23.2. The third-order valence-corrected chi connectivity index (χ3v) is 10.1. The van der Waals surface area contributed by atoms with Gasteiger partial charge >= 0.3 is 5.97 Å². The SMILES string of the molecule is CC/C=C\C/C=C\C/C=C\C/C=C\C/C=C\C/C=C\CCC(=O)OC(CCCCCCCCCCC)CC(=O)NC(CO)C(O)CCCCCCCCCCC. The van der Waals surface area contributed by atoms with Gasteiger partial charge in [0.05, 0.1) is 25.2 Å². The van der Waals surface area contributed by atoms with Gasteiger partial charge in [-0.2, -0.15) is 0 Å². The molecule has 0 heterocycles. The fourth-order valence-corrected chi connectivity index (χ4v) is 6.57. The fourth-order valence-electron chi connectivity index (χ4n) is 6.57. The minimum Gasteiger partial charge on any atom is -0.462 e. The van der Waals surface area contributed by atoms with Gasteiger partial charge < -0.3 is 20.3 Å². The number of esters is 1. The molecule has 322 valence electrons. The monoisotopic (exact) mass is 782 g/mol. The minimum absolute atomic E-state index is 0.0456. The molecule has 0 rings (SSSR count). The Bertz CT molecular complexity index is 1060. The second kappa shape index (κ2) is 43.4. The molecule has 0 fully saturated rings. The lowest BCUT2D eigenvalue weighted by molar-refractivity contribution is -0.150. The highest BCUT2D eigenvalue weighted by Gasteiger charge is 2.24. The fraction of sp³-hybridized carbons (Fsp3) is 0.720. The zero-order valence-corrected chi connectivity index (χ0v) is 36.5. The first-order chi connectivity index (χ1) is 27.5. The third kappa shape index (κ3) is 38.2. The lowest BCUT2D eigenvalue weighted by atomic mass is 10.0. The van der Waals surface area contributed by atoms with Crippen molar-refractivity contribution in [1.82, 2.24) is 5.32 Å². The van der Waals surface area contributed by atoms with Crippen molar-refractivity contribution in [2.45, 2.75) is 225 Å². The maximum atomic E-state index is 13.1. The number of rotatable bonds is 40. The molecule has 0 aliphatic rings. The maximum absolute atomic E-state index is 13.1. The molecule has 0 spiro atoms. The number of hydrogen-bond acceptors (Lipinski definition) is 5. The van der Waals surface area contributed by atoms with Crippen LogP contribution in [0.4, 0.5) is 0 Å². The molecule has 6 heteroatoms. The van der Waals surface area contributed by atoms with Crippen LogP contribution in [0.15, 0.2) is 72.9 Å². The number of amides is 1. The third-order valence-electron chi connectivity index (χ3n) is 10.1. The van der Waals surface area contributed by atoms with E-state index >= 15 is 0 Å². The highest BCUT2D eigenvalue weighted by atomic mass is 16.5. The Balaban J connectivity index is 4.63. The first kappa shape index (κ1) is 53.3. The van der Waals surface area contributed by atoms with Crippen LogP contribution >= 0.6 is 0 Å². The normalized spacial score (nSPS) is 14.0. The molecule has 0 saturated carbocycles. The molecular formula is C50H87NO5. The Morgan fingerprint density at radius 1 is 0.536 bits per heavy atom. The number of aliphatic hydroxyl groups is 2. The summed E-state index contributed by atoms with van der Waals surface area (Å²) in [5, 5.41) is 23.5. The second-order valence-electron chi connectivity index (χ2n) is 15.4. The van der Waals surface area contributed by atoms with Gasteiger partial charge in [-0.1, -0.05) is 203 Å². The van der Waals surface area contributed by atoms with Crippen LogP contribution in [0.1, 0.15) is 207 Å². The lowest BCUT2D eigenvalue weighted by Gasteiger charge is -2.24. The van der Waals surface area contributed by atoms with Gasteiger partial charge in [0.2, 0.25) is 5.91 Å². The Kier molecular flexibility index (Phi) is 41.3. The molecule has 0 aliphatic heterocycles. The summed E-state index contributed by atoms with van der Waals surface area (Å²) < 4.78 is 5.85. The summed E-state index contributed by atoms with van der Waals surface area (Å²) in [5.41, 5.74) is 0. The molecule has 6 nitrogen and oxygen atoms in total. The van der Waals surface area contributed by atoms with E-state index in [1.165, 1.54) is 77.0 Å². The van der Waals surface area contributed by atoms with Crippen LogP contribution in [0, 0.1) is 0 Å². The molecule has 0 aromatic heterocycles. The van der Waals surface area contributed by atoms with Crippen LogP contribution < -0.4 is 5.32 Å². The van der Waals surface area contributed by atoms with E-state index in [-0.39, 0.29) is 31.3 Å². The quantitative estimate of drug-likeness (QED) is 0.0327. The number of carbonyl (C=O) groups excluding carboxylic acids is 2. The molecule has 56 heavy (non-hydrogen) atoms. The highest BCUT2D eigenvalue weighted by molar-refractivity contribution is 5.77. The van der Waals surface area contributed by atoms with Crippen molar-refractivity contribution in [3.8, 4) is 0 Å². The lowest BCUT2D eigenvalue weighted by Crippen LogP contribution is -2.46. The summed E-state index contributed by atoms with van der Waals surface area (Å²) in [7, 11) is 0. The molecule has 0 aromatic rings. The Morgan fingerprint density at radius 3 is 1.36 bits per heavy atom. The summed E-state index contributed by atoms with van der Waals surface area (Å²) in [6.07, 6.45) is 54.0. The van der Waals surface area contributed by atoms with Crippen molar-refractivity contribution >= 4 is 11.9 Å². The second-order valence-corrected chi connectivity index (χ2v) is 15.4. The Labute approximate surface area is 345 Å². The van der Waals surface area contributed by atoms with E-state index in [0.29, 0.717) is 19.3 Å². The topological polar surface area (TPSA) is 95.9 Å². The van der Waals surface area contributed by atoms with Gasteiger partial charge in [-0.3, -0.25) is 9.59 Å². The number of unbranched alkanes of at least 4 members (excludes halogenated alkanes) is 16. The number of ether oxygens (including phenoxy) is 1. The minimum atomic E-state index is -0.798. The standard InChI is InChI=1S/C50H87NO5/c1-4-7-10-13-16-19-20-21-22-23-24-25-26-27-28-31-34-37-40-43-50(55)56-46(41-38-35-32-29-17-14-11-8-5-2)44-49(54)51-47(45-52)48(53)42-39-36-33-30-18-15-12-9-6-3/h7,10,16,19,21-22,24-25,27-28,34,37,46-48,52-53H,4-6,8-9,11-15,17-18,20,23,26,29-33,35-36,38-45H2,1-3H3,(H,51,54)/b10-7-,19-16-,22-21-,25-24-,28-27-,37-34-. The van der Waals surface area contributed by atoms with E-state index in [4.69, 9.17) is 4.74 Å². The Hall–Kier alpha value is -2.70. The van der Waals surface area contributed by atoms with Crippen LogP contribution in [0.2, 0.25) is 0 Å². The van der Waals surface area contributed by atoms with Crippen molar-refractivity contribution < 1.29 is 24.5 Å². The molecule has 0 aromatic carbocycles. The predicted molar refractivity (Wildman–Crippen MR) is 241 cm³/mol. The molecule has 1 amide bonds. The number of aliphatic hydroxyl groups excluding tert-OH is 2. The van der Waals surface area contributed by atoms with Crippen molar-refractivity contribution in [2.24, 2.45) is 0 Å². The molecule has 0 aliphatic carbocycles. The zero-order valence-electron chi connectivity index (χ0n) is 36.5. The summed E-state index contributed by atoms with van der Waals surface area (Å²) in [6, 6.07) is -0.714. The summed E-state index contributed by atoms with van der Waals surface area (Å²) >= 11 is 0. The predicted octanol–water partition coefficient (Wildman–Crippen LogP) is 13.4. The van der Waals surface area contributed by atoms with E-state index in [9.17, 15) is 19.8 Å². The van der Waals surface area contributed by atoms with E-state index < -0.39 is 18.2 Å². The van der Waals surface area contributed by atoms with Gasteiger partial charge in [0, 0.05) is 6.42 Å². The molecule has 0 saturated heterocycles. The molecule has 3 N–H and O–H groups in total. The summed E-state index contributed by atoms with van der Waals surface area (Å²) in [4.78, 5) is 25.9. The van der Waals surface area contributed by atoms with Gasteiger partial charge in [0.15, 0.2) is 0 Å². The van der Waals surface area contributed by atoms with Gasteiger partial charge in [-0.05, 0) is 64.2 Å². The van der Waals surface area contributed by atoms with E-state index in [2.05, 4.69) is 92.9 Å². The van der Waals surface area contributed by atoms with Crippen LogP contribution in [-0.2, 0) is 14.3 Å². The van der Waals surface area contributed by atoms with Crippen LogP contribution in [0.3, 0.4) is 0 Å². The molecule has 3 unspecified atom stereocenters. The highest BCUT2D eigenvalue weighted by Crippen LogP contribution is 2.17. The van der Waals surface area contributed by atoms with Crippen molar-refractivity contribution in [3.63, 3.8) is 0 Å². The van der Waals surface area contributed by atoms with E-state index in [0.717, 1.165) is 77.0 Å². The molecular weight excluding hydrogens is 695 g/mol. The average molecular weight is 782 g/mol. The smallest absolute Gasteiger partial charge is 0.306 e. The van der Waals surface area contributed by atoms with Crippen molar-refractivity contribution in [1.29, 1.82) is 0 Å². The van der Waals surface area contributed by atoms with E-state index in [1.54, 1.807) is 0 Å². The molecule has 3 atom stereocenters.